The maximum absolute atomic E-state index is 10.4. The van der Waals surface area contributed by atoms with Crippen LogP contribution in [0.1, 0.15) is 71.1 Å². The van der Waals surface area contributed by atoms with Gasteiger partial charge in [-0.2, -0.15) is 0 Å². The van der Waals surface area contributed by atoms with Gasteiger partial charge < -0.3 is 5.11 Å². The van der Waals surface area contributed by atoms with Crippen LogP contribution in [0.15, 0.2) is 0 Å². The first-order chi connectivity index (χ1) is 9.25. The molecule has 1 saturated heterocycles. The molecule has 2 nitrogen and oxygen atoms in total. The first-order valence-corrected chi connectivity index (χ1v) is 8.69. The van der Waals surface area contributed by atoms with Crippen LogP contribution in [0.25, 0.3) is 0 Å². The SMILES string of the molecule is CC1CCC(N2CCCC2C2CCCCC2O)CC1. The second-order valence-electron chi connectivity index (χ2n) is 7.38. The molecule has 3 unspecified atom stereocenters. The van der Waals surface area contributed by atoms with Gasteiger partial charge in [0.05, 0.1) is 6.10 Å². The highest BCUT2D eigenvalue weighted by atomic mass is 16.3. The second-order valence-corrected chi connectivity index (χ2v) is 7.38. The van der Waals surface area contributed by atoms with Gasteiger partial charge in [-0.05, 0) is 63.8 Å². The minimum atomic E-state index is -0.0122. The summed E-state index contributed by atoms with van der Waals surface area (Å²) in [6.45, 7) is 3.70. The Morgan fingerprint density at radius 1 is 0.842 bits per heavy atom. The van der Waals surface area contributed by atoms with E-state index in [1.165, 1.54) is 64.3 Å². The fraction of sp³-hybridized carbons (Fsp3) is 1.00. The van der Waals surface area contributed by atoms with Crippen LogP contribution in [-0.4, -0.2) is 34.7 Å². The Bertz CT molecular complexity index is 285. The van der Waals surface area contributed by atoms with E-state index in [0.29, 0.717) is 12.0 Å². The largest absolute Gasteiger partial charge is 0.393 e. The van der Waals surface area contributed by atoms with E-state index in [1.807, 2.05) is 0 Å². The Morgan fingerprint density at radius 2 is 1.58 bits per heavy atom. The molecule has 0 spiro atoms. The highest BCUT2D eigenvalue weighted by Crippen LogP contribution is 2.38. The average molecular weight is 265 g/mol. The maximum atomic E-state index is 10.4. The van der Waals surface area contributed by atoms with Gasteiger partial charge in [-0.3, -0.25) is 4.90 Å². The maximum Gasteiger partial charge on any atom is 0.0583 e. The number of likely N-dealkylation sites (tertiary alicyclic amines) is 1. The van der Waals surface area contributed by atoms with E-state index in [2.05, 4.69) is 11.8 Å². The molecule has 2 aliphatic carbocycles. The summed E-state index contributed by atoms with van der Waals surface area (Å²) in [5.41, 5.74) is 0. The van der Waals surface area contributed by atoms with Gasteiger partial charge >= 0.3 is 0 Å². The molecule has 0 radical (unpaired) electrons. The molecule has 1 N–H and O–H groups in total. The molecule has 0 aromatic carbocycles. The summed E-state index contributed by atoms with van der Waals surface area (Å²) in [5.74, 6) is 1.52. The zero-order chi connectivity index (χ0) is 13.2. The van der Waals surface area contributed by atoms with Crippen molar-refractivity contribution in [2.75, 3.05) is 6.54 Å². The van der Waals surface area contributed by atoms with Crippen molar-refractivity contribution in [3.05, 3.63) is 0 Å². The monoisotopic (exact) mass is 265 g/mol. The van der Waals surface area contributed by atoms with E-state index in [4.69, 9.17) is 0 Å². The first kappa shape index (κ1) is 13.9. The third-order valence-electron chi connectivity index (χ3n) is 6.07. The molecular weight excluding hydrogens is 234 g/mol. The molecule has 3 atom stereocenters. The number of hydrogen-bond donors (Lipinski definition) is 1. The molecule has 3 aliphatic rings. The molecular formula is C17H31NO. The lowest BCUT2D eigenvalue weighted by molar-refractivity contribution is 0.00317. The van der Waals surface area contributed by atoms with Crippen molar-refractivity contribution in [1.82, 2.24) is 4.90 Å². The van der Waals surface area contributed by atoms with Crippen LogP contribution in [0.4, 0.5) is 0 Å². The van der Waals surface area contributed by atoms with Crippen LogP contribution in [0.5, 0.6) is 0 Å². The Balaban J connectivity index is 1.63. The van der Waals surface area contributed by atoms with Gasteiger partial charge in [0.25, 0.3) is 0 Å². The average Bonchev–Trinajstić information content (AvgIpc) is 2.89. The van der Waals surface area contributed by atoms with E-state index < -0.39 is 0 Å². The molecule has 19 heavy (non-hydrogen) atoms. The lowest BCUT2D eigenvalue weighted by atomic mass is 9.79. The Hall–Kier alpha value is -0.0800. The standard InChI is InChI=1S/C17H31NO/c1-13-8-10-14(11-9-13)18-12-4-6-16(18)15-5-2-3-7-17(15)19/h13-17,19H,2-12H2,1H3. The fourth-order valence-corrected chi connectivity index (χ4v) is 4.89. The van der Waals surface area contributed by atoms with Gasteiger partial charge in [0.15, 0.2) is 0 Å². The number of hydrogen-bond acceptors (Lipinski definition) is 2. The van der Waals surface area contributed by atoms with Crippen molar-refractivity contribution in [3.8, 4) is 0 Å². The van der Waals surface area contributed by atoms with Crippen LogP contribution in [0.3, 0.4) is 0 Å². The number of nitrogens with zero attached hydrogens (tertiary/aromatic N) is 1. The third-order valence-corrected chi connectivity index (χ3v) is 6.07. The summed E-state index contributed by atoms with van der Waals surface area (Å²) >= 11 is 0. The van der Waals surface area contributed by atoms with Crippen molar-refractivity contribution < 1.29 is 5.11 Å². The van der Waals surface area contributed by atoms with Crippen molar-refractivity contribution >= 4 is 0 Å². The highest BCUT2D eigenvalue weighted by molar-refractivity contribution is 4.94. The molecule has 1 aliphatic heterocycles. The van der Waals surface area contributed by atoms with Gasteiger partial charge in [0.2, 0.25) is 0 Å². The van der Waals surface area contributed by atoms with Gasteiger partial charge in [-0.1, -0.05) is 19.8 Å². The topological polar surface area (TPSA) is 23.5 Å². The smallest absolute Gasteiger partial charge is 0.0583 e. The van der Waals surface area contributed by atoms with Gasteiger partial charge in [0.1, 0.15) is 0 Å². The Kier molecular flexibility index (Phi) is 4.48. The summed E-state index contributed by atoms with van der Waals surface area (Å²) in [5, 5.41) is 10.4. The summed E-state index contributed by atoms with van der Waals surface area (Å²) < 4.78 is 0. The van der Waals surface area contributed by atoms with E-state index >= 15 is 0 Å². The molecule has 2 heteroatoms. The molecule has 0 bridgehead atoms. The fourth-order valence-electron chi connectivity index (χ4n) is 4.89. The number of aliphatic hydroxyl groups excluding tert-OH is 1. The number of aliphatic hydroxyl groups is 1. The molecule has 0 aromatic rings. The third kappa shape index (κ3) is 3.00. The van der Waals surface area contributed by atoms with Gasteiger partial charge in [-0.25, -0.2) is 0 Å². The minimum Gasteiger partial charge on any atom is -0.393 e. The van der Waals surface area contributed by atoms with Crippen LogP contribution < -0.4 is 0 Å². The zero-order valence-corrected chi connectivity index (χ0v) is 12.6. The van der Waals surface area contributed by atoms with E-state index in [-0.39, 0.29) is 6.10 Å². The van der Waals surface area contributed by atoms with Crippen molar-refractivity contribution in [1.29, 1.82) is 0 Å². The molecule has 1 heterocycles. The number of rotatable bonds is 2. The predicted octanol–water partition coefficient (Wildman–Crippen LogP) is 3.58. The van der Waals surface area contributed by atoms with Crippen molar-refractivity contribution in [3.63, 3.8) is 0 Å². The first-order valence-electron chi connectivity index (χ1n) is 8.69. The lowest BCUT2D eigenvalue weighted by Crippen LogP contribution is -2.48. The van der Waals surface area contributed by atoms with Crippen molar-refractivity contribution in [2.24, 2.45) is 11.8 Å². The summed E-state index contributed by atoms with van der Waals surface area (Å²) in [7, 11) is 0. The van der Waals surface area contributed by atoms with E-state index in [1.54, 1.807) is 0 Å². The Labute approximate surface area is 118 Å². The van der Waals surface area contributed by atoms with Crippen LogP contribution in [0, 0.1) is 11.8 Å². The van der Waals surface area contributed by atoms with Gasteiger partial charge in [-0.15, -0.1) is 0 Å². The minimum absolute atomic E-state index is 0.0122. The molecule has 3 fully saturated rings. The Morgan fingerprint density at radius 3 is 2.32 bits per heavy atom. The molecule has 3 rings (SSSR count). The summed E-state index contributed by atoms with van der Waals surface area (Å²) in [6.07, 6.45) is 13.2. The highest BCUT2D eigenvalue weighted by Gasteiger charge is 2.40. The molecule has 0 aromatic heterocycles. The molecule has 110 valence electrons. The summed E-state index contributed by atoms with van der Waals surface area (Å²) in [6, 6.07) is 1.53. The predicted molar refractivity (Wildman–Crippen MR) is 79.1 cm³/mol. The van der Waals surface area contributed by atoms with Crippen LogP contribution >= 0.6 is 0 Å². The van der Waals surface area contributed by atoms with E-state index in [0.717, 1.165) is 18.4 Å². The zero-order valence-electron chi connectivity index (χ0n) is 12.6. The van der Waals surface area contributed by atoms with Crippen LogP contribution in [0.2, 0.25) is 0 Å². The van der Waals surface area contributed by atoms with Crippen LogP contribution in [-0.2, 0) is 0 Å². The summed E-state index contributed by atoms with van der Waals surface area (Å²) in [4.78, 5) is 2.81. The normalized spacial score (nSPS) is 45.5. The quantitative estimate of drug-likeness (QED) is 0.825. The molecule has 2 saturated carbocycles. The molecule has 0 amide bonds. The lowest BCUT2D eigenvalue weighted by Gasteiger charge is -2.42. The van der Waals surface area contributed by atoms with Crippen molar-refractivity contribution in [2.45, 2.75) is 89.3 Å². The van der Waals surface area contributed by atoms with Gasteiger partial charge in [0, 0.05) is 18.0 Å². The van der Waals surface area contributed by atoms with E-state index in [9.17, 15) is 5.11 Å². The second kappa shape index (κ2) is 6.13.